The molecule has 1 amide bonds. The first kappa shape index (κ1) is 20.1. The van der Waals surface area contributed by atoms with Crippen LogP contribution >= 0.6 is 0 Å². The van der Waals surface area contributed by atoms with Crippen LogP contribution in [0, 0.1) is 5.92 Å². The summed E-state index contributed by atoms with van der Waals surface area (Å²) < 4.78 is 29.4. The lowest BCUT2D eigenvalue weighted by Crippen LogP contribution is -2.38. The molecule has 7 nitrogen and oxygen atoms in total. The summed E-state index contributed by atoms with van der Waals surface area (Å²) in [5.74, 6) is -0.774. The van der Waals surface area contributed by atoms with Gasteiger partial charge in [0.05, 0.1) is 31.2 Å². The lowest BCUT2D eigenvalue weighted by molar-refractivity contribution is -0.116. The number of hydrogen-bond donors (Lipinski definition) is 1. The molecule has 0 saturated carbocycles. The van der Waals surface area contributed by atoms with Crippen LogP contribution < -0.4 is 5.32 Å². The number of hydrogen-bond acceptors (Lipinski definition) is 5. The number of amides is 1. The van der Waals surface area contributed by atoms with Crippen molar-refractivity contribution in [2.75, 3.05) is 31.8 Å². The number of methoxy groups -OCH3 is 1. The third-order valence-corrected chi connectivity index (χ3v) is 4.60. The molecule has 1 aromatic carbocycles. The largest absolute Gasteiger partial charge is 0.465 e. The SMILES string of the molecule is COC(=O)c1ccccc1NC(=O)CN(CCC(C)C)S(C)(=O)=O. The van der Waals surface area contributed by atoms with E-state index in [-0.39, 0.29) is 24.3 Å². The summed E-state index contributed by atoms with van der Waals surface area (Å²) in [5, 5.41) is 2.57. The number of para-hydroxylation sites is 1. The maximum Gasteiger partial charge on any atom is 0.339 e. The molecule has 0 aliphatic heterocycles. The van der Waals surface area contributed by atoms with Crippen molar-refractivity contribution >= 4 is 27.6 Å². The summed E-state index contributed by atoms with van der Waals surface area (Å²) in [6.07, 6.45) is 1.72. The Morgan fingerprint density at radius 3 is 2.42 bits per heavy atom. The second kappa shape index (κ2) is 8.79. The second-order valence-corrected chi connectivity index (χ2v) is 7.85. The van der Waals surface area contributed by atoms with Gasteiger partial charge in [0.1, 0.15) is 0 Å². The lowest BCUT2D eigenvalue weighted by Gasteiger charge is -2.20. The number of nitrogens with zero attached hydrogens (tertiary/aromatic N) is 1. The summed E-state index contributed by atoms with van der Waals surface area (Å²) in [4.78, 5) is 23.9. The van der Waals surface area contributed by atoms with Crippen LogP contribution in [0.2, 0.25) is 0 Å². The van der Waals surface area contributed by atoms with Crippen molar-refractivity contribution in [3.8, 4) is 0 Å². The number of benzene rings is 1. The smallest absolute Gasteiger partial charge is 0.339 e. The summed E-state index contributed by atoms with van der Waals surface area (Å²) in [7, 11) is -2.25. The van der Waals surface area contributed by atoms with E-state index in [2.05, 4.69) is 10.1 Å². The van der Waals surface area contributed by atoms with Crippen molar-refractivity contribution < 1.29 is 22.7 Å². The van der Waals surface area contributed by atoms with E-state index in [0.717, 1.165) is 10.6 Å². The van der Waals surface area contributed by atoms with Gasteiger partial charge in [-0.25, -0.2) is 13.2 Å². The van der Waals surface area contributed by atoms with E-state index in [0.29, 0.717) is 12.3 Å². The molecule has 0 aliphatic carbocycles. The molecule has 1 N–H and O–H groups in total. The van der Waals surface area contributed by atoms with Gasteiger partial charge in [-0.15, -0.1) is 0 Å². The monoisotopic (exact) mass is 356 g/mol. The number of carbonyl (C=O) groups is 2. The Morgan fingerprint density at radius 1 is 1.25 bits per heavy atom. The summed E-state index contributed by atoms with van der Waals surface area (Å²) >= 11 is 0. The highest BCUT2D eigenvalue weighted by molar-refractivity contribution is 7.88. The zero-order valence-corrected chi connectivity index (χ0v) is 15.2. The van der Waals surface area contributed by atoms with Crippen LogP contribution in [0.3, 0.4) is 0 Å². The molecule has 0 spiro atoms. The minimum absolute atomic E-state index is 0.210. The van der Waals surface area contributed by atoms with E-state index < -0.39 is 21.9 Å². The highest BCUT2D eigenvalue weighted by Gasteiger charge is 2.21. The average Bonchev–Trinajstić information content (AvgIpc) is 2.49. The maximum atomic E-state index is 12.2. The topological polar surface area (TPSA) is 92.8 Å². The van der Waals surface area contributed by atoms with Gasteiger partial charge in [-0.3, -0.25) is 4.79 Å². The first-order chi connectivity index (χ1) is 11.1. The number of esters is 1. The summed E-state index contributed by atoms with van der Waals surface area (Å²) in [6.45, 7) is 3.92. The third kappa shape index (κ3) is 6.29. The van der Waals surface area contributed by atoms with Crippen molar-refractivity contribution in [1.82, 2.24) is 4.31 Å². The molecule has 0 bridgehead atoms. The van der Waals surface area contributed by atoms with Crippen LogP contribution in [-0.4, -0.2) is 51.1 Å². The maximum absolute atomic E-state index is 12.2. The van der Waals surface area contributed by atoms with Crippen molar-refractivity contribution in [2.24, 2.45) is 5.92 Å². The fourth-order valence-corrected chi connectivity index (χ4v) is 2.78. The Kier molecular flexibility index (Phi) is 7.37. The molecular weight excluding hydrogens is 332 g/mol. The molecule has 24 heavy (non-hydrogen) atoms. The predicted octanol–water partition coefficient (Wildman–Crippen LogP) is 1.72. The van der Waals surface area contributed by atoms with Gasteiger partial charge in [-0.2, -0.15) is 4.31 Å². The van der Waals surface area contributed by atoms with Gasteiger partial charge in [-0.05, 0) is 24.5 Å². The molecule has 0 radical (unpaired) electrons. The molecule has 0 heterocycles. The molecule has 1 rings (SSSR count). The van der Waals surface area contributed by atoms with E-state index in [1.165, 1.54) is 13.2 Å². The standard InChI is InChI=1S/C16H24N2O5S/c1-12(2)9-10-18(24(4,21)22)11-15(19)17-14-8-6-5-7-13(14)16(20)23-3/h5-8,12H,9-11H2,1-4H3,(H,17,19). The molecule has 1 aromatic rings. The first-order valence-corrected chi connectivity index (χ1v) is 9.42. The minimum Gasteiger partial charge on any atom is -0.465 e. The normalized spacial score (nSPS) is 11.6. The van der Waals surface area contributed by atoms with Crippen molar-refractivity contribution in [3.63, 3.8) is 0 Å². The molecular formula is C16H24N2O5S. The summed E-state index contributed by atoms with van der Waals surface area (Å²) in [5.41, 5.74) is 0.494. The van der Waals surface area contributed by atoms with E-state index in [1.807, 2.05) is 13.8 Å². The van der Waals surface area contributed by atoms with Crippen molar-refractivity contribution in [2.45, 2.75) is 20.3 Å². The van der Waals surface area contributed by atoms with Crippen LogP contribution in [0.1, 0.15) is 30.6 Å². The summed E-state index contributed by atoms with van der Waals surface area (Å²) in [6, 6.07) is 6.39. The van der Waals surface area contributed by atoms with Gasteiger partial charge >= 0.3 is 5.97 Å². The van der Waals surface area contributed by atoms with E-state index in [9.17, 15) is 18.0 Å². The Labute approximate surface area is 143 Å². The molecule has 0 atom stereocenters. The van der Waals surface area contributed by atoms with Crippen molar-refractivity contribution in [1.29, 1.82) is 0 Å². The zero-order valence-electron chi connectivity index (χ0n) is 14.4. The molecule has 134 valence electrons. The number of rotatable bonds is 8. The third-order valence-electron chi connectivity index (χ3n) is 3.35. The number of ether oxygens (including phenoxy) is 1. The van der Waals surface area contributed by atoms with Gasteiger partial charge in [0.2, 0.25) is 15.9 Å². The second-order valence-electron chi connectivity index (χ2n) is 5.86. The van der Waals surface area contributed by atoms with Gasteiger partial charge < -0.3 is 10.1 Å². The van der Waals surface area contributed by atoms with Crippen molar-refractivity contribution in [3.05, 3.63) is 29.8 Å². The number of nitrogens with one attached hydrogen (secondary N) is 1. The molecule has 0 aromatic heterocycles. The van der Waals surface area contributed by atoms with Crippen LogP contribution in [-0.2, 0) is 19.6 Å². The Balaban J connectivity index is 2.85. The average molecular weight is 356 g/mol. The fraction of sp³-hybridized carbons (Fsp3) is 0.500. The Bertz CT molecular complexity index is 685. The number of anilines is 1. The van der Waals surface area contributed by atoms with E-state index >= 15 is 0 Å². The van der Waals surface area contributed by atoms with Gasteiger partial charge in [0.15, 0.2) is 0 Å². The quantitative estimate of drug-likeness (QED) is 0.716. The molecule has 0 fully saturated rings. The molecule has 0 saturated heterocycles. The molecule has 8 heteroatoms. The van der Waals surface area contributed by atoms with Gasteiger partial charge in [0, 0.05) is 6.54 Å². The van der Waals surface area contributed by atoms with Crippen LogP contribution in [0.25, 0.3) is 0 Å². The van der Waals surface area contributed by atoms with E-state index in [1.54, 1.807) is 18.2 Å². The first-order valence-electron chi connectivity index (χ1n) is 7.57. The number of sulfonamides is 1. The minimum atomic E-state index is -3.50. The van der Waals surface area contributed by atoms with E-state index in [4.69, 9.17) is 0 Å². The lowest BCUT2D eigenvalue weighted by atomic mass is 10.1. The predicted molar refractivity (Wildman–Crippen MR) is 92.3 cm³/mol. The van der Waals surface area contributed by atoms with Gasteiger partial charge in [0.25, 0.3) is 0 Å². The molecule has 0 aliphatic rings. The number of carbonyl (C=O) groups excluding carboxylic acids is 2. The zero-order chi connectivity index (χ0) is 18.3. The highest BCUT2D eigenvalue weighted by Crippen LogP contribution is 2.16. The molecule has 0 unspecified atom stereocenters. The van der Waals surface area contributed by atoms with Crippen LogP contribution in [0.5, 0.6) is 0 Å². The Morgan fingerprint density at radius 2 is 1.88 bits per heavy atom. The van der Waals surface area contributed by atoms with Gasteiger partial charge in [-0.1, -0.05) is 26.0 Å². The Hall–Kier alpha value is -1.93. The fourth-order valence-electron chi connectivity index (χ4n) is 1.99. The van der Waals surface area contributed by atoms with Crippen LogP contribution in [0.4, 0.5) is 5.69 Å². The highest BCUT2D eigenvalue weighted by atomic mass is 32.2. The van der Waals surface area contributed by atoms with Crippen LogP contribution in [0.15, 0.2) is 24.3 Å².